The van der Waals surface area contributed by atoms with E-state index in [2.05, 4.69) is 36.7 Å². The van der Waals surface area contributed by atoms with Gasteiger partial charge in [-0.3, -0.25) is 0 Å². The molecule has 0 atom stereocenters. The van der Waals surface area contributed by atoms with Crippen molar-refractivity contribution in [1.82, 2.24) is 19.5 Å². The highest BCUT2D eigenvalue weighted by atomic mass is 35.5. The van der Waals surface area contributed by atoms with Gasteiger partial charge in [-0.15, -0.1) is 0 Å². The van der Waals surface area contributed by atoms with E-state index in [1.54, 1.807) is 6.20 Å². The molecule has 1 aliphatic heterocycles. The van der Waals surface area contributed by atoms with Crippen molar-refractivity contribution in [2.24, 2.45) is 0 Å². The number of aromatic nitrogens is 4. The molecule has 1 N–H and O–H groups in total. The number of anilines is 2. The summed E-state index contributed by atoms with van der Waals surface area (Å²) in [5, 5.41) is 3.76. The molecule has 2 aromatic heterocycles. The van der Waals surface area contributed by atoms with Crippen LogP contribution >= 0.6 is 11.6 Å². The lowest BCUT2D eigenvalue weighted by atomic mass is 10.3. The predicted octanol–water partition coefficient (Wildman–Crippen LogP) is 2.17. The summed E-state index contributed by atoms with van der Waals surface area (Å²) in [7, 11) is 0. The van der Waals surface area contributed by atoms with Crippen molar-refractivity contribution in [2.45, 2.75) is 26.4 Å². The number of rotatable bonds is 4. The molecular weight excluding hydrogens is 276 g/mol. The van der Waals surface area contributed by atoms with E-state index in [1.165, 1.54) is 0 Å². The summed E-state index contributed by atoms with van der Waals surface area (Å²) in [6.45, 7) is 5.44. The van der Waals surface area contributed by atoms with Crippen LogP contribution in [0.3, 0.4) is 0 Å². The van der Waals surface area contributed by atoms with Gasteiger partial charge in [-0.1, -0.05) is 18.5 Å². The maximum atomic E-state index is 6.24. The minimum Gasteiger partial charge on any atom is -0.354 e. The highest BCUT2D eigenvalue weighted by Gasteiger charge is 2.20. The van der Waals surface area contributed by atoms with Crippen LogP contribution in [0.4, 0.5) is 11.8 Å². The molecule has 0 saturated carbocycles. The van der Waals surface area contributed by atoms with E-state index in [4.69, 9.17) is 11.6 Å². The number of imidazole rings is 1. The van der Waals surface area contributed by atoms with E-state index >= 15 is 0 Å². The van der Waals surface area contributed by atoms with Crippen molar-refractivity contribution in [3.8, 4) is 0 Å². The van der Waals surface area contributed by atoms with Gasteiger partial charge in [0, 0.05) is 32.0 Å². The SMILES string of the molecule is CCCNc1ncc(Cl)c(N2CCn3ccnc3C2)n1. The molecule has 1 aliphatic rings. The van der Waals surface area contributed by atoms with Crippen LogP contribution in [-0.4, -0.2) is 32.6 Å². The summed E-state index contributed by atoms with van der Waals surface area (Å²) in [6.07, 6.45) is 6.52. The fourth-order valence-corrected chi connectivity index (χ4v) is 2.47. The Balaban J connectivity index is 1.83. The van der Waals surface area contributed by atoms with Crippen molar-refractivity contribution in [3.05, 3.63) is 29.4 Å². The van der Waals surface area contributed by atoms with Crippen molar-refractivity contribution in [2.75, 3.05) is 23.3 Å². The Morgan fingerprint density at radius 1 is 1.35 bits per heavy atom. The fraction of sp³-hybridized carbons (Fsp3) is 0.462. The number of halogens is 1. The highest BCUT2D eigenvalue weighted by Crippen LogP contribution is 2.26. The van der Waals surface area contributed by atoms with Crippen LogP contribution in [-0.2, 0) is 13.1 Å². The van der Waals surface area contributed by atoms with E-state index in [-0.39, 0.29) is 0 Å². The summed E-state index contributed by atoms with van der Waals surface area (Å²) in [4.78, 5) is 15.2. The van der Waals surface area contributed by atoms with Gasteiger partial charge in [0.25, 0.3) is 0 Å². The van der Waals surface area contributed by atoms with Crippen molar-refractivity contribution in [1.29, 1.82) is 0 Å². The Hall–Kier alpha value is -1.82. The van der Waals surface area contributed by atoms with Gasteiger partial charge in [-0.25, -0.2) is 9.97 Å². The van der Waals surface area contributed by atoms with Gasteiger partial charge in [0.1, 0.15) is 10.8 Å². The third kappa shape index (κ3) is 2.56. The molecule has 7 heteroatoms. The number of fused-ring (bicyclic) bond motifs is 1. The number of nitrogens with zero attached hydrogens (tertiary/aromatic N) is 5. The molecule has 2 aromatic rings. The minimum absolute atomic E-state index is 0.576. The lowest BCUT2D eigenvalue weighted by molar-refractivity contribution is 0.556. The summed E-state index contributed by atoms with van der Waals surface area (Å²) >= 11 is 6.24. The van der Waals surface area contributed by atoms with Crippen LogP contribution in [0.2, 0.25) is 5.02 Å². The van der Waals surface area contributed by atoms with Crippen LogP contribution in [0, 0.1) is 0 Å². The highest BCUT2D eigenvalue weighted by molar-refractivity contribution is 6.32. The lowest BCUT2D eigenvalue weighted by Gasteiger charge is -2.29. The average Bonchev–Trinajstić information content (AvgIpc) is 2.93. The zero-order valence-electron chi connectivity index (χ0n) is 11.4. The fourth-order valence-electron chi connectivity index (χ4n) is 2.26. The molecule has 0 aliphatic carbocycles. The lowest BCUT2D eigenvalue weighted by Crippen LogP contribution is -2.34. The second kappa shape index (κ2) is 5.66. The maximum absolute atomic E-state index is 6.24. The number of hydrogen-bond acceptors (Lipinski definition) is 5. The molecule has 0 amide bonds. The Morgan fingerprint density at radius 2 is 2.25 bits per heavy atom. The number of hydrogen-bond donors (Lipinski definition) is 1. The predicted molar refractivity (Wildman–Crippen MR) is 79.1 cm³/mol. The van der Waals surface area contributed by atoms with E-state index < -0.39 is 0 Å². The smallest absolute Gasteiger partial charge is 0.224 e. The van der Waals surface area contributed by atoms with Crippen molar-refractivity contribution in [3.63, 3.8) is 0 Å². The van der Waals surface area contributed by atoms with Crippen LogP contribution in [0.15, 0.2) is 18.6 Å². The topological polar surface area (TPSA) is 58.9 Å². The van der Waals surface area contributed by atoms with E-state index in [0.717, 1.165) is 44.2 Å². The first-order valence-electron chi connectivity index (χ1n) is 6.79. The Kier molecular flexibility index (Phi) is 3.73. The van der Waals surface area contributed by atoms with E-state index in [0.29, 0.717) is 11.0 Å². The molecule has 0 saturated heterocycles. The molecule has 0 bridgehead atoms. The van der Waals surface area contributed by atoms with Crippen LogP contribution in [0.25, 0.3) is 0 Å². The second-order valence-corrected chi connectivity index (χ2v) is 5.16. The zero-order chi connectivity index (χ0) is 13.9. The summed E-state index contributed by atoms with van der Waals surface area (Å²) in [5.41, 5.74) is 0. The molecule has 0 unspecified atom stereocenters. The first kappa shape index (κ1) is 13.2. The number of nitrogens with one attached hydrogen (secondary N) is 1. The second-order valence-electron chi connectivity index (χ2n) is 4.75. The van der Waals surface area contributed by atoms with E-state index in [1.807, 2.05) is 12.4 Å². The Morgan fingerprint density at radius 3 is 3.10 bits per heavy atom. The van der Waals surface area contributed by atoms with Gasteiger partial charge < -0.3 is 14.8 Å². The summed E-state index contributed by atoms with van der Waals surface area (Å²) in [6, 6.07) is 0. The van der Waals surface area contributed by atoms with Gasteiger partial charge in [-0.2, -0.15) is 4.98 Å². The van der Waals surface area contributed by atoms with Gasteiger partial charge in [0.05, 0.1) is 12.7 Å². The third-order valence-electron chi connectivity index (χ3n) is 3.30. The largest absolute Gasteiger partial charge is 0.354 e. The molecule has 0 radical (unpaired) electrons. The summed E-state index contributed by atoms with van der Waals surface area (Å²) in [5.74, 6) is 2.43. The van der Waals surface area contributed by atoms with Crippen LogP contribution in [0.1, 0.15) is 19.2 Å². The molecule has 0 aromatic carbocycles. The van der Waals surface area contributed by atoms with Crippen molar-refractivity contribution >= 4 is 23.4 Å². The first-order valence-corrected chi connectivity index (χ1v) is 7.17. The summed E-state index contributed by atoms with van der Waals surface area (Å²) < 4.78 is 2.15. The van der Waals surface area contributed by atoms with E-state index in [9.17, 15) is 0 Å². The molecule has 20 heavy (non-hydrogen) atoms. The molecule has 6 nitrogen and oxygen atoms in total. The molecule has 0 fully saturated rings. The van der Waals surface area contributed by atoms with Crippen molar-refractivity contribution < 1.29 is 0 Å². The quantitative estimate of drug-likeness (QED) is 0.936. The Labute approximate surface area is 122 Å². The van der Waals surface area contributed by atoms with Gasteiger partial charge in [-0.05, 0) is 6.42 Å². The van der Waals surface area contributed by atoms with Gasteiger partial charge in [0.15, 0.2) is 5.82 Å². The molecular formula is C13H17ClN6. The van der Waals surface area contributed by atoms with Gasteiger partial charge >= 0.3 is 0 Å². The third-order valence-corrected chi connectivity index (χ3v) is 3.57. The molecule has 0 spiro atoms. The standard InChI is InChI=1S/C13H17ClN6/c1-2-3-16-13-17-8-10(14)12(18-13)20-7-6-19-5-4-15-11(19)9-20/h4-5,8H,2-3,6-7,9H2,1H3,(H,16,17,18). The maximum Gasteiger partial charge on any atom is 0.224 e. The average molecular weight is 293 g/mol. The molecule has 3 rings (SSSR count). The monoisotopic (exact) mass is 292 g/mol. The van der Waals surface area contributed by atoms with Gasteiger partial charge in [0.2, 0.25) is 5.95 Å². The Bertz CT molecular complexity index is 596. The normalized spacial score (nSPS) is 14.2. The first-order chi connectivity index (χ1) is 9.78. The molecule has 106 valence electrons. The zero-order valence-corrected chi connectivity index (χ0v) is 12.1. The van der Waals surface area contributed by atoms with Crippen LogP contribution < -0.4 is 10.2 Å². The van der Waals surface area contributed by atoms with Crippen LogP contribution in [0.5, 0.6) is 0 Å². The molecule has 3 heterocycles. The minimum atomic E-state index is 0.576.